The first-order chi connectivity index (χ1) is 9.82. The fraction of sp³-hybridized carbons (Fsp3) is 0.500. The number of carboxylic acids is 1. The zero-order valence-electron chi connectivity index (χ0n) is 11.9. The number of carbonyl (C=O) groups is 2. The zero-order chi connectivity index (χ0) is 15.6. The SMILES string of the molecule is CC1(C)CN(C(=O)c2ccnc(C(=O)O)c2)CC(CO)O1. The topological polar surface area (TPSA) is 100.0 Å². The molecule has 1 aliphatic rings. The van der Waals surface area contributed by atoms with Crippen molar-refractivity contribution in [3.8, 4) is 0 Å². The van der Waals surface area contributed by atoms with Gasteiger partial charge in [0, 0.05) is 24.8 Å². The standard InChI is InChI=1S/C14H18N2O5/c1-14(2)8-16(6-10(7-17)21-14)12(18)9-3-4-15-11(5-9)13(19)20/h3-5,10,17H,6-8H2,1-2H3,(H,19,20). The summed E-state index contributed by atoms with van der Waals surface area (Å²) >= 11 is 0. The lowest BCUT2D eigenvalue weighted by Crippen LogP contribution is -2.55. The first-order valence-corrected chi connectivity index (χ1v) is 6.60. The molecule has 1 aromatic rings. The molecule has 21 heavy (non-hydrogen) atoms. The van der Waals surface area contributed by atoms with Crippen LogP contribution in [0.2, 0.25) is 0 Å². The Hall–Kier alpha value is -1.99. The quantitative estimate of drug-likeness (QED) is 0.836. The van der Waals surface area contributed by atoms with Crippen LogP contribution < -0.4 is 0 Å². The van der Waals surface area contributed by atoms with E-state index in [-0.39, 0.29) is 30.3 Å². The Labute approximate surface area is 122 Å². The van der Waals surface area contributed by atoms with Gasteiger partial charge in [-0.05, 0) is 26.0 Å². The Morgan fingerprint density at radius 1 is 1.52 bits per heavy atom. The molecule has 0 spiro atoms. The van der Waals surface area contributed by atoms with Crippen molar-refractivity contribution >= 4 is 11.9 Å². The van der Waals surface area contributed by atoms with E-state index in [2.05, 4.69) is 4.98 Å². The number of carbonyl (C=O) groups excluding carboxylic acids is 1. The highest BCUT2D eigenvalue weighted by atomic mass is 16.5. The minimum absolute atomic E-state index is 0.174. The Kier molecular flexibility index (Phi) is 4.24. The molecule has 7 nitrogen and oxygen atoms in total. The van der Waals surface area contributed by atoms with Gasteiger partial charge >= 0.3 is 5.97 Å². The van der Waals surface area contributed by atoms with Crippen LogP contribution >= 0.6 is 0 Å². The third-order valence-electron chi connectivity index (χ3n) is 3.20. The van der Waals surface area contributed by atoms with E-state index in [1.807, 2.05) is 13.8 Å². The summed E-state index contributed by atoms with van der Waals surface area (Å²) < 4.78 is 5.65. The van der Waals surface area contributed by atoms with E-state index in [9.17, 15) is 14.7 Å². The lowest BCUT2D eigenvalue weighted by molar-refractivity contribution is -0.139. The minimum Gasteiger partial charge on any atom is -0.477 e. The number of carboxylic acid groups (broad SMARTS) is 1. The third-order valence-corrected chi connectivity index (χ3v) is 3.20. The van der Waals surface area contributed by atoms with Gasteiger partial charge in [-0.1, -0.05) is 0 Å². The number of aliphatic hydroxyl groups excluding tert-OH is 1. The van der Waals surface area contributed by atoms with Crippen molar-refractivity contribution < 1.29 is 24.5 Å². The van der Waals surface area contributed by atoms with E-state index in [1.165, 1.54) is 18.3 Å². The lowest BCUT2D eigenvalue weighted by Gasteiger charge is -2.42. The molecular weight excluding hydrogens is 276 g/mol. The average molecular weight is 294 g/mol. The molecule has 1 aromatic heterocycles. The molecule has 114 valence electrons. The Balaban J connectivity index is 2.22. The van der Waals surface area contributed by atoms with Gasteiger partial charge in [-0.3, -0.25) is 4.79 Å². The molecule has 1 saturated heterocycles. The highest BCUT2D eigenvalue weighted by Gasteiger charge is 2.35. The molecule has 1 fully saturated rings. The number of ether oxygens (including phenoxy) is 1. The highest BCUT2D eigenvalue weighted by molar-refractivity contribution is 5.96. The highest BCUT2D eigenvalue weighted by Crippen LogP contribution is 2.22. The fourth-order valence-electron chi connectivity index (χ4n) is 2.41. The largest absolute Gasteiger partial charge is 0.477 e. The monoisotopic (exact) mass is 294 g/mol. The molecule has 1 unspecified atom stereocenters. The first kappa shape index (κ1) is 15.4. The molecule has 1 amide bonds. The zero-order valence-corrected chi connectivity index (χ0v) is 11.9. The summed E-state index contributed by atoms with van der Waals surface area (Å²) in [6.07, 6.45) is 0.852. The number of rotatable bonds is 3. The summed E-state index contributed by atoms with van der Waals surface area (Å²) in [5, 5.41) is 18.2. The molecule has 2 heterocycles. The van der Waals surface area contributed by atoms with Crippen molar-refractivity contribution in [2.24, 2.45) is 0 Å². The molecule has 2 N–H and O–H groups in total. The molecule has 0 aromatic carbocycles. The third kappa shape index (κ3) is 3.56. The molecule has 0 radical (unpaired) electrons. The van der Waals surface area contributed by atoms with Gasteiger partial charge in [-0.25, -0.2) is 9.78 Å². The maximum absolute atomic E-state index is 12.5. The first-order valence-electron chi connectivity index (χ1n) is 6.60. The van der Waals surface area contributed by atoms with Crippen molar-refractivity contribution in [3.05, 3.63) is 29.6 Å². The molecule has 7 heteroatoms. The van der Waals surface area contributed by atoms with Crippen molar-refractivity contribution in [2.45, 2.75) is 25.6 Å². The predicted molar refractivity (Wildman–Crippen MR) is 73.1 cm³/mol. The molecule has 1 atom stereocenters. The Morgan fingerprint density at radius 2 is 2.24 bits per heavy atom. The van der Waals surface area contributed by atoms with Crippen molar-refractivity contribution in [1.29, 1.82) is 0 Å². The average Bonchev–Trinajstić information content (AvgIpc) is 2.44. The van der Waals surface area contributed by atoms with Gasteiger partial charge < -0.3 is 19.8 Å². The van der Waals surface area contributed by atoms with Gasteiger partial charge in [0.15, 0.2) is 0 Å². The Bertz CT molecular complexity index is 558. The van der Waals surface area contributed by atoms with Crippen LogP contribution in [0, 0.1) is 0 Å². The van der Waals surface area contributed by atoms with Crippen LogP contribution in [-0.2, 0) is 4.74 Å². The number of morpholine rings is 1. The molecular formula is C14H18N2O5. The number of hydrogen-bond donors (Lipinski definition) is 2. The molecule has 0 bridgehead atoms. The summed E-state index contributed by atoms with van der Waals surface area (Å²) in [5.41, 5.74) is -0.479. The number of hydrogen-bond acceptors (Lipinski definition) is 5. The van der Waals surface area contributed by atoms with E-state index >= 15 is 0 Å². The summed E-state index contributed by atoms with van der Waals surface area (Å²) in [4.78, 5) is 28.7. The number of amides is 1. The summed E-state index contributed by atoms with van der Waals surface area (Å²) in [6, 6.07) is 2.73. The van der Waals surface area contributed by atoms with Crippen LogP contribution in [0.3, 0.4) is 0 Å². The van der Waals surface area contributed by atoms with Gasteiger partial charge in [0.25, 0.3) is 5.91 Å². The summed E-state index contributed by atoms with van der Waals surface area (Å²) in [5.74, 6) is -1.48. The van der Waals surface area contributed by atoms with Crippen LogP contribution in [0.15, 0.2) is 18.3 Å². The number of aromatic carboxylic acids is 1. The summed E-state index contributed by atoms with van der Waals surface area (Å²) in [7, 11) is 0. The van der Waals surface area contributed by atoms with E-state index < -0.39 is 17.7 Å². The van der Waals surface area contributed by atoms with Gasteiger partial charge in [-0.2, -0.15) is 0 Å². The van der Waals surface area contributed by atoms with E-state index in [4.69, 9.17) is 9.84 Å². The number of aromatic nitrogens is 1. The summed E-state index contributed by atoms with van der Waals surface area (Å²) in [6.45, 7) is 4.13. The molecule has 2 rings (SSSR count). The van der Waals surface area contributed by atoms with Crippen molar-refractivity contribution in [1.82, 2.24) is 9.88 Å². The lowest BCUT2D eigenvalue weighted by atomic mass is 10.0. The van der Waals surface area contributed by atoms with Crippen molar-refractivity contribution in [3.63, 3.8) is 0 Å². The second kappa shape index (κ2) is 5.79. The smallest absolute Gasteiger partial charge is 0.354 e. The number of pyridine rings is 1. The maximum atomic E-state index is 12.5. The second-order valence-electron chi connectivity index (χ2n) is 5.60. The molecule has 0 aliphatic carbocycles. The van der Waals surface area contributed by atoms with Gasteiger partial charge in [-0.15, -0.1) is 0 Å². The van der Waals surface area contributed by atoms with Crippen LogP contribution in [0.1, 0.15) is 34.7 Å². The number of aliphatic hydroxyl groups is 1. The van der Waals surface area contributed by atoms with E-state index in [0.717, 1.165) is 0 Å². The predicted octanol–water partition coefficient (Wildman–Crippen LogP) is 0.392. The van der Waals surface area contributed by atoms with Crippen molar-refractivity contribution in [2.75, 3.05) is 19.7 Å². The maximum Gasteiger partial charge on any atom is 0.354 e. The Morgan fingerprint density at radius 3 is 2.86 bits per heavy atom. The normalized spacial score (nSPS) is 21.1. The van der Waals surface area contributed by atoms with Crippen LogP contribution in [0.5, 0.6) is 0 Å². The van der Waals surface area contributed by atoms with Gasteiger partial charge in [0.1, 0.15) is 5.69 Å². The number of nitrogens with zero attached hydrogens (tertiary/aromatic N) is 2. The van der Waals surface area contributed by atoms with Crippen LogP contribution in [0.25, 0.3) is 0 Å². The van der Waals surface area contributed by atoms with Gasteiger partial charge in [0.05, 0.1) is 18.3 Å². The van der Waals surface area contributed by atoms with Gasteiger partial charge in [0.2, 0.25) is 0 Å². The minimum atomic E-state index is -1.18. The van der Waals surface area contributed by atoms with E-state index in [0.29, 0.717) is 6.54 Å². The van der Waals surface area contributed by atoms with Crippen LogP contribution in [0.4, 0.5) is 0 Å². The fourth-order valence-corrected chi connectivity index (χ4v) is 2.41. The molecule has 1 aliphatic heterocycles. The van der Waals surface area contributed by atoms with E-state index in [1.54, 1.807) is 4.90 Å². The van der Waals surface area contributed by atoms with Crippen LogP contribution in [-0.4, -0.2) is 63.4 Å². The second-order valence-corrected chi connectivity index (χ2v) is 5.60. The molecule has 0 saturated carbocycles.